The quantitative estimate of drug-likeness (QED) is 0.582. The van der Waals surface area contributed by atoms with E-state index in [9.17, 15) is 0 Å². The van der Waals surface area contributed by atoms with Crippen LogP contribution in [0.3, 0.4) is 0 Å². The molecule has 0 amide bonds. The Balaban J connectivity index is 1.39. The largest absolute Gasteiger partial charge is 0.486 e. The molecule has 0 aliphatic carbocycles. The van der Waals surface area contributed by atoms with Gasteiger partial charge in [0, 0.05) is 18.8 Å². The van der Waals surface area contributed by atoms with E-state index in [0.717, 1.165) is 47.1 Å². The van der Waals surface area contributed by atoms with E-state index in [1.165, 1.54) is 5.56 Å². The van der Waals surface area contributed by atoms with Crippen LogP contribution in [-0.4, -0.2) is 59.5 Å². The lowest BCUT2D eigenvalue weighted by molar-refractivity contribution is 0.107. The fraction of sp³-hybridized carbons (Fsp3) is 0.364. The Kier molecular flexibility index (Phi) is 5.50. The van der Waals surface area contributed by atoms with Crippen LogP contribution in [0.25, 0.3) is 5.69 Å². The minimum Gasteiger partial charge on any atom is -0.486 e. The van der Waals surface area contributed by atoms with E-state index in [2.05, 4.69) is 50.9 Å². The summed E-state index contributed by atoms with van der Waals surface area (Å²) in [5, 5.41) is 9.91. The van der Waals surface area contributed by atoms with Gasteiger partial charge in [0.1, 0.15) is 12.7 Å². The molecule has 2 aliphatic rings. The molecule has 8 heteroatoms. The lowest BCUT2D eigenvalue weighted by Gasteiger charge is -2.28. The van der Waals surface area contributed by atoms with Crippen molar-refractivity contribution in [2.24, 2.45) is 0 Å². The minimum absolute atomic E-state index is 0.0422. The third-order valence-electron chi connectivity index (χ3n) is 5.14. The number of aryl methyl sites for hydroxylation is 1. The molecule has 7 nitrogen and oxygen atoms in total. The van der Waals surface area contributed by atoms with E-state index >= 15 is 0 Å². The summed E-state index contributed by atoms with van der Waals surface area (Å²) in [5.74, 6) is 3.18. The molecule has 30 heavy (non-hydrogen) atoms. The molecule has 1 atom stereocenters. The van der Waals surface area contributed by atoms with Gasteiger partial charge in [-0.2, -0.15) is 0 Å². The number of ether oxygens (including phenoxy) is 3. The summed E-state index contributed by atoms with van der Waals surface area (Å²) in [5.41, 5.74) is 2.26. The van der Waals surface area contributed by atoms with Crippen molar-refractivity contribution in [3.05, 3.63) is 54.1 Å². The summed E-state index contributed by atoms with van der Waals surface area (Å²) in [6.07, 6.45) is -0.0422. The van der Waals surface area contributed by atoms with E-state index in [4.69, 9.17) is 14.2 Å². The van der Waals surface area contributed by atoms with E-state index < -0.39 is 0 Å². The average Bonchev–Trinajstić information content (AvgIpc) is 3.22. The molecule has 1 aromatic heterocycles. The Morgan fingerprint density at radius 1 is 1.03 bits per heavy atom. The van der Waals surface area contributed by atoms with Gasteiger partial charge in [-0.1, -0.05) is 36.0 Å². The van der Waals surface area contributed by atoms with Gasteiger partial charge in [-0.25, -0.2) is 0 Å². The van der Waals surface area contributed by atoms with Crippen LogP contribution in [0.15, 0.2) is 53.7 Å². The van der Waals surface area contributed by atoms with Crippen molar-refractivity contribution in [1.29, 1.82) is 0 Å². The third kappa shape index (κ3) is 3.97. The molecule has 2 aliphatic heterocycles. The lowest BCUT2D eigenvalue weighted by Crippen LogP contribution is -2.38. The lowest BCUT2D eigenvalue weighted by atomic mass is 10.2. The number of thioether (sulfide) groups is 1. The van der Waals surface area contributed by atoms with Gasteiger partial charge in [-0.3, -0.25) is 4.57 Å². The molecule has 3 aromatic rings. The Morgan fingerprint density at radius 3 is 2.70 bits per heavy atom. The summed E-state index contributed by atoms with van der Waals surface area (Å²) < 4.78 is 19.6. The van der Waals surface area contributed by atoms with Crippen LogP contribution < -0.4 is 14.4 Å². The molecule has 2 aromatic carbocycles. The van der Waals surface area contributed by atoms with E-state index in [1.807, 2.05) is 24.3 Å². The zero-order valence-electron chi connectivity index (χ0n) is 16.9. The third-order valence-corrected chi connectivity index (χ3v) is 6.20. The maximum Gasteiger partial charge on any atom is 0.232 e. The number of fused-ring (bicyclic) bond motifs is 1. The monoisotopic (exact) mass is 424 g/mol. The number of hydrogen-bond acceptors (Lipinski definition) is 7. The maximum atomic E-state index is 6.11. The molecule has 0 saturated carbocycles. The molecule has 0 N–H and O–H groups in total. The van der Waals surface area contributed by atoms with Crippen LogP contribution in [-0.2, 0) is 4.74 Å². The topological polar surface area (TPSA) is 61.6 Å². The first-order valence-electron chi connectivity index (χ1n) is 10.1. The van der Waals surface area contributed by atoms with Gasteiger partial charge in [0.25, 0.3) is 0 Å². The summed E-state index contributed by atoms with van der Waals surface area (Å²) in [6.45, 7) is 5.65. The number of morpholine rings is 1. The predicted molar refractivity (Wildman–Crippen MR) is 116 cm³/mol. The van der Waals surface area contributed by atoms with Gasteiger partial charge in [0.05, 0.1) is 18.9 Å². The fourth-order valence-corrected chi connectivity index (χ4v) is 4.54. The van der Waals surface area contributed by atoms with E-state index in [-0.39, 0.29) is 6.10 Å². The second kappa shape index (κ2) is 8.57. The van der Waals surface area contributed by atoms with E-state index in [1.54, 1.807) is 11.8 Å². The maximum absolute atomic E-state index is 6.11. The Hall–Kier alpha value is -2.71. The van der Waals surface area contributed by atoms with Crippen molar-refractivity contribution in [2.45, 2.75) is 18.2 Å². The van der Waals surface area contributed by atoms with Crippen LogP contribution >= 0.6 is 11.8 Å². The van der Waals surface area contributed by atoms with Gasteiger partial charge in [-0.05, 0) is 36.8 Å². The van der Waals surface area contributed by atoms with E-state index in [0.29, 0.717) is 19.8 Å². The Labute approximate surface area is 180 Å². The minimum atomic E-state index is -0.0422. The first-order chi connectivity index (χ1) is 14.8. The first kappa shape index (κ1) is 19.3. The average molecular weight is 425 g/mol. The first-order valence-corrected chi connectivity index (χ1v) is 11.1. The standard InChI is InChI=1S/C22H24N4O3S/c1-16-5-4-6-17(13-16)26-21(25-9-11-27-12-10-25)23-24-22(26)30-15-18-14-28-19-7-2-3-8-20(19)29-18/h2-8,13,18H,9-12,14-15H2,1H3. The number of hydrogen-bond donors (Lipinski definition) is 0. The number of nitrogens with zero attached hydrogens (tertiary/aromatic N) is 4. The van der Waals surface area contributed by atoms with Gasteiger partial charge >= 0.3 is 0 Å². The number of benzene rings is 2. The van der Waals surface area contributed by atoms with Crippen molar-refractivity contribution in [2.75, 3.05) is 43.6 Å². The Morgan fingerprint density at radius 2 is 1.87 bits per heavy atom. The molecule has 156 valence electrons. The molecule has 1 fully saturated rings. The van der Waals surface area contributed by atoms with Gasteiger partial charge in [-0.15, -0.1) is 10.2 Å². The molecule has 0 spiro atoms. The van der Waals surface area contributed by atoms with Gasteiger partial charge in [0.2, 0.25) is 5.95 Å². The molecule has 0 bridgehead atoms. The number of anilines is 1. The Bertz CT molecular complexity index is 1020. The van der Waals surface area contributed by atoms with Crippen LogP contribution in [0.1, 0.15) is 5.56 Å². The highest BCUT2D eigenvalue weighted by atomic mass is 32.2. The molecule has 1 saturated heterocycles. The second-order valence-electron chi connectivity index (χ2n) is 7.37. The van der Waals surface area contributed by atoms with Crippen LogP contribution in [0.5, 0.6) is 11.5 Å². The van der Waals surface area contributed by atoms with Gasteiger partial charge < -0.3 is 19.1 Å². The molecule has 3 heterocycles. The van der Waals surface area contributed by atoms with Gasteiger partial charge in [0.15, 0.2) is 16.7 Å². The van der Waals surface area contributed by atoms with Crippen LogP contribution in [0.4, 0.5) is 5.95 Å². The predicted octanol–water partition coefficient (Wildman–Crippen LogP) is 3.34. The van der Waals surface area contributed by atoms with Crippen molar-refractivity contribution < 1.29 is 14.2 Å². The SMILES string of the molecule is Cc1cccc(-n2c(SCC3COc4ccccc4O3)nnc2N2CCOCC2)c1. The zero-order chi connectivity index (χ0) is 20.3. The fourth-order valence-electron chi connectivity index (χ4n) is 3.63. The highest BCUT2D eigenvalue weighted by Gasteiger charge is 2.25. The van der Waals surface area contributed by atoms with Crippen molar-refractivity contribution in [3.8, 4) is 17.2 Å². The summed E-state index contributed by atoms with van der Waals surface area (Å²) in [7, 11) is 0. The second-order valence-corrected chi connectivity index (χ2v) is 8.35. The molecular weight excluding hydrogens is 400 g/mol. The van der Waals surface area contributed by atoms with Crippen molar-refractivity contribution >= 4 is 17.7 Å². The summed E-state index contributed by atoms with van der Waals surface area (Å²) >= 11 is 1.64. The summed E-state index contributed by atoms with van der Waals surface area (Å²) in [4.78, 5) is 2.24. The highest BCUT2D eigenvalue weighted by Crippen LogP contribution is 2.33. The zero-order valence-corrected chi connectivity index (χ0v) is 17.7. The van der Waals surface area contributed by atoms with Crippen molar-refractivity contribution in [1.82, 2.24) is 14.8 Å². The number of para-hydroxylation sites is 2. The molecule has 1 unspecified atom stereocenters. The molecule has 0 radical (unpaired) electrons. The van der Waals surface area contributed by atoms with Crippen molar-refractivity contribution in [3.63, 3.8) is 0 Å². The highest BCUT2D eigenvalue weighted by molar-refractivity contribution is 7.99. The summed E-state index contributed by atoms with van der Waals surface area (Å²) in [6, 6.07) is 16.2. The van der Waals surface area contributed by atoms with Crippen LogP contribution in [0, 0.1) is 6.92 Å². The normalized spacial score (nSPS) is 18.4. The number of rotatable bonds is 5. The smallest absolute Gasteiger partial charge is 0.232 e. The number of aromatic nitrogens is 3. The molecule has 5 rings (SSSR count). The molecular formula is C22H24N4O3S. The van der Waals surface area contributed by atoms with Crippen LogP contribution in [0.2, 0.25) is 0 Å².